The van der Waals surface area contributed by atoms with Gasteiger partial charge in [-0.15, -0.1) is 0 Å². The Morgan fingerprint density at radius 1 is 0.970 bits per heavy atom. The largest absolute Gasteiger partial charge is 0.454 e. The van der Waals surface area contributed by atoms with E-state index in [9.17, 15) is 28.0 Å². The van der Waals surface area contributed by atoms with Crippen LogP contribution in [-0.2, 0) is 19.1 Å². The molecule has 0 atom stereocenters. The number of hydrogen-bond acceptors (Lipinski definition) is 6. The van der Waals surface area contributed by atoms with Crippen molar-refractivity contribution in [2.45, 2.75) is 45.1 Å². The van der Waals surface area contributed by atoms with Crippen molar-refractivity contribution in [3.8, 4) is 5.75 Å². The van der Waals surface area contributed by atoms with Crippen molar-refractivity contribution in [2.24, 2.45) is 23.2 Å². The molecule has 5 rings (SSSR count). The smallest absolute Gasteiger partial charge is 0.387 e. The number of halogens is 2. The second-order valence-electron chi connectivity index (χ2n) is 9.32. The van der Waals surface area contributed by atoms with Gasteiger partial charge in [-0.3, -0.25) is 24.5 Å². The summed E-state index contributed by atoms with van der Waals surface area (Å²) in [4.78, 5) is 48.7. The number of amides is 3. The lowest BCUT2D eigenvalue weighted by atomic mass is 9.49. The lowest BCUT2D eigenvalue weighted by Gasteiger charge is -2.55. The highest BCUT2D eigenvalue weighted by atomic mass is 19.3. The van der Waals surface area contributed by atoms with E-state index in [4.69, 9.17) is 4.74 Å². The standard InChI is InChI=1S/C23H26F2N2O6/c24-22(25)33-17-3-1-16(2-4-17)20(30)27-18(28)12-32-19(29)11-26-21(31)23-8-13-5-14(9-23)7-15(6-13)10-23/h1-4,13-15,22H,5-12H2,(H,26,31)(H,27,28,30). The minimum atomic E-state index is -2.99. The molecule has 0 spiro atoms. The van der Waals surface area contributed by atoms with Gasteiger partial charge in [0.2, 0.25) is 5.91 Å². The molecule has 0 saturated heterocycles. The van der Waals surface area contributed by atoms with Gasteiger partial charge in [0.05, 0.1) is 0 Å². The third-order valence-electron chi connectivity index (χ3n) is 6.87. The Hall–Kier alpha value is -3.04. The minimum Gasteiger partial charge on any atom is -0.454 e. The van der Waals surface area contributed by atoms with E-state index in [-0.39, 0.29) is 29.2 Å². The summed E-state index contributed by atoms with van der Waals surface area (Å²) in [5.74, 6) is -0.850. The van der Waals surface area contributed by atoms with Gasteiger partial charge in [-0.05, 0) is 80.5 Å². The number of nitrogens with one attached hydrogen (secondary N) is 2. The number of ether oxygens (including phenoxy) is 2. The molecule has 3 amide bonds. The number of carbonyl (C=O) groups is 4. The molecule has 8 nitrogen and oxygen atoms in total. The first kappa shape index (κ1) is 23.1. The SMILES string of the molecule is O=C(COC(=O)CNC(=O)C12CC3CC(CC(C3)C1)C2)NC(=O)c1ccc(OC(F)F)cc1. The number of imide groups is 1. The molecule has 0 radical (unpaired) electrons. The van der Waals surface area contributed by atoms with Crippen LogP contribution in [0, 0.1) is 23.2 Å². The summed E-state index contributed by atoms with van der Waals surface area (Å²) in [6, 6.07) is 4.76. The first-order chi connectivity index (χ1) is 15.7. The van der Waals surface area contributed by atoms with Gasteiger partial charge >= 0.3 is 12.6 Å². The summed E-state index contributed by atoms with van der Waals surface area (Å²) in [7, 11) is 0. The van der Waals surface area contributed by atoms with Crippen molar-refractivity contribution < 1.29 is 37.4 Å². The van der Waals surface area contributed by atoms with E-state index in [1.54, 1.807) is 0 Å². The summed E-state index contributed by atoms with van der Waals surface area (Å²) in [6.45, 7) is -4.02. The topological polar surface area (TPSA) is 111 Å². The third-order valence-corrected chi connectivity index (χ3v) is 6.87. The van der Waals surface area contributed by atoms with Crippen LogP contribution in [-0.4, -0.2) is 43.5 Å². The van der Waals surface area contributed by atoms with E-state index in [2.05, 4.69) is 10.1 Å². The summed E-state index contributed by atoms with van der Waals surface area (Å²) in [6.07, 6.45) is 6.24. The average Bonchev–Trinajstić information content (AvgIpc) is 2.75. The molecule has 0 aromatic heterocycles. The molecule has 0 unspecified atom stereocenters. The highest BCUT2D eigenvalue weighted by Crippen LogP contribution is 2.60. The van der Waals surface area contributed by atoms with Crippen LogP contribution in [0.1, 0.15) is 48.9 Å². The van der Waals surface area contributed by atoms with Crippen molar-refractivity contribution in [3.05, 3.63) is 29.8 Å². The maximum absolute atomic E-state index is 12.8. The zero-order chi connectivity index (χ0) is 23.6. The predicted molar refractivity (Wildman–Crippen MR) is 110 cm³/mol. The van der Waals surface area contributed by atoms with E-state index in [1.807, 2.05) is 5.32 Å². The van der Waals surface area contributed by atoms with Gasteiger partial charge in [0.1, 0.15) is 12.3 Å². The van der Waals surface area contributed by atoms with Crippen LogP contribution in [0.3, 0.4) is 0 Å². The first-order valence-corrected chi connectivity index (χ1v) is 11.1. The molecule has 4 fully saturated rings. The molecule has 33 heavy (non-hydrogen) atoms. The number of esters is 1. The number of alkyl halides is 2. The van der Waals surface area contributed by atoms with Gasteiger partial charge in [-0.25, -0.2) is 0 Å². The fraction of sp³-hybridized carbons (Fsp3) is 0.565. The van der Waals surface area contributed by atoms with E-state index in [0.717, 1.165) is 31.4 Å². The van der Waals surface area contributed by atoms with Crippen molar-refractivity contribution in [1.29, 1.82) is 0 Å². The Bertz CT molecular complexity index is 898. The fourth-order valence-electron chi connectivity index (χ4n) is 5.95. The molecular formula is C23H26F2N2O6. The maximum Gasteiger partial charge on any atom is 0.387 e. The Labute approximate surface area is 189 Å². The van der Waals surface area contributed by atoms with Gasteiger partial charge in [0, 0.05) is 11.0 Å². The van der Waals surface area contributed by atoms with Gasteiger partial charge in [0.25, 0.3) is 11.8 Å². The van der Waals surface area contributed by atoms with Crippen molar-refractivity contribution >= 4 is 23.7 Å². The van der Waals surface area contributed by atoms with Crippen LogP contribution in [0.15, 0.2) is 24.3 Å². The average molecular weight is 464 g/mol. The zero-order valence-electron chi connectivity index (χ0n) is 18.0. The molecular weight excluding hydrogens is 438 g/mol. The monoisotopic (exact) mass is 464 g/mol. The number of hydrogen-bond donors (Lipinski definition) is 2. The van der Waals surface area contributed by atoms with E-state index < -0.39 is 31.0 Å². The van der Waals surface area contributed by atoms with Gasteiger partial charge in [0.15, 0.2) is 6.61 Å². The molecule has 4 saturated carbocycles. The second-order valence-corrected chi connectivity index (χ2v) is 9.32. The summed E-state index contributed by atoms with van der Waals surface area (Å²) >= 11 is 0. The van der Waals surface area contributed by atoms with E-state index in [1.165, 1.54) is 31.4 Å². The Morgan fingerprint density at radius 3 is 2.09 bits per heavy atom. The third kappa shape index (κ3) is 5.48. The van der Waals surface area contributed by atoms with Crippen LogP contribution in [0.2, 0.25) is 0 Å². The predicted octanol–water partition coefficient (Wildman–Crippen LogP) is 2.42. The molecule has 4 aliphatic carbocycles. The molecule has 4 bridgehead atoms. The minimum absolute atomic E-state index is 0.0409. The maximum atomic E-state index is 12.8. The van der Waals surface area contributed by atoms with Crippen molar-refractivity contribution in [3.63, 3.8) is 0 Å². The van der Waals surface area contributed by atoms with Crippen LogP contribution in [0.5, 0.6) is 5.75 Å². The Morgan fingerprint density at radius 2 is 1.55 bits per heavy atom. The molecule has 0 aliphatic heterocycles. The number of carbonyl (C=O) groups excluding carboxylic acids is 4. The summed E-state index contributed by atoms with van der Waals surface area (Å²) < 4.78 is 33.3. The van der Waals surface area contributed by atoms with Crippen molar-refractivity contribution in [2.75, 3.05) is 13.2 Å². The molecule has 1 aromatic rings. The molecule has 1 aromatic carbocycles. The van der Waals surface area contributed by atoms with Gasteiger partial charge in [-0.1, -0.05) is 0 Å². The molecule has 10 heteroatoms. The fourth-order valence-corrected chi connectivity index (χ4v) is 5.95. The first-order valence-electron chi connectivity index (χ1n) is 11.1. The molecule has 4 aliphatic rings. The Balaban J connectivity index is 1.18. The number of benzene rings is 1. The lowest BCUT2D eigenvalue weighted by molar-refractivity contribution is -0.152. The molecule has 0 heterocycles. The van der Waals surface area contributed by atoms with Gasteiger partial charge < -0.3 is 14.8 Å². The molecule has 2 N–H and O–H groups in total. The second kappa shape index (κ2) is 9.44. The quantitative estimate of drug-likeness (QED) is 0.572. The molecule has 178 valence electrons. The van der Waals surface area contributed by atoms with Crippen LogP contribution in [0.25, 0.3) is 0 Å². The van der Waals surface area contributed by atoms with E-state index >= 15 is 0 Å². The van der Waals surface area contributed by atoms with E-state index in [0.29, 0.717) is 17.8 Å². The highest BCUT2D eigenvalue weighted by molar-refractivity contribution is 6.05. The summed E-state index contributed by atoms with van der Waals surface area (Å²) in [5, 5.41) is 4.71. The zero-order valence-corrected chi connectivity index (χ0v) is 18.0. The van der Waals surface area contributed by atoms with Crippen LogP contribution in [0.4, 0.5) is 8.78 Å². The lowest BCUT2D eigenvalue weighted by Crippen LogP contribution is -2.54. The Kier molecular flexibility index (Phi) is 6.62. The van der Waals surface area contributed by atoms with Crippen LogP contribution >= 0.6 is 0 Å². The van der Waals surface area contributed by atoms with Gasteiger partial charge in [-0.2, -0.15) is 8.78 Å². The summed E-state index contributed by atoms with van der Waals surface area (Å²) in [5.41, 5.74) is -0.339. The normalized spacial score (nSPS) is 27.2. The van der Waals surface area contributed by atoms with Crippen molar-refractivity contribution in [1.82, 2.24) is 10.6 Å². The number of rotatable bonds is 8. The highest BCUT2D eigenvalue weighted by Gasteiger charge is 2.54. The van der Waals surface area contributed by atoms with Crippen LogP contribution < -0.4 is 15.4 Å².